The van der Waals surface area contributed by atoms with Crippen LogP contribution >= 0.6 is 0 Å². The number of benzene rings is 2. The molecule has 5 heteroatoms. The highest BCUT2D eigenvalue weighted by Gasteiger charge is 2.08. The molecule has 0 bridgehead atoms. The summed E-state index contributed by atoms with van der Waals surface area (Å²) >= 11 is 0. The van der Waals surface area contributed by atoms with Gasteiger partial charge in [0.1, 0.15) is 5.82 Å². The fourth-order valence-electron chi connectivity index (χ4n) is 1.76. The molecule has 0 saturated heterocycles. The molecule has 0 aliphatic carbocycles. The molecule has 2 amide bonds. The Labute approximate surface area is 122 Å². The van der Waals surface area contributed by atoms with Gasteiger partial charge in [-0.3, -0.25) is 9.59 Å². The van der Waals surface area contributed by atoms with E-state index >= 15 is 0 Å². The number of para-hydroxylation sites is 1. The molecule has 0 heterocycles. The van der Waals surface area contributed by atoms with E-state index in [1.165, 1.54) is 19.1 Å². The van der Waals surface area contributed by atoms with E-state index in [9.17, 15) is 14.0 Å². The van der Waals surface area contributed by atoms with Crippen molar-refractivity contribution in [1.29, 1.82) is 0 Å². The molecule has 108 valence electrons. The summed E-state index contributed by atoms with van der Waals surface area (Å²) in [6.45, 7) is 1.85. The van der Waals surface area contributed by atoms with E-state index < -0.39 is 5.82 Å². The molecule has 0 aliphatic rings. The van der Waals surface area contributed by atoms with Crippen molar-refractivity contribution in [3.8, 4) is 0 Å². The van der Waals surface area contributed by atoms with Gasteiger partial charge in [-0.1, -0.05) is 24.3 Å². The number of nitrogens with one attached hydrogen (secondary N) is 2. The Kier molecular flexibility index (Phi) is 4.66. The van der Waals surface area contributed by atoms with Crippen LogP contribution in [0.15, 0.2) is 48.5 Å². The molecule has 0 aliphatic heterocycles. The second-order valence-electron chi connectivity index (χ2n) is 4.54. The summed E-state index contributed by atoms with van der Waals surface area (Å²) in [6.07, 6.45) is 0. The van der Waals surface area contributed by atoms with Gasteiger partial charge in [0.05, 0.1) is 5.69 Å². The van der Waals surface area contributed by atoms with Gasteiger partial charge in [-0.05, 0) is 29.8 Å². The van der Waals surface area contributed by atoms with Crippen LogP contribution in [-0.2, 0) is 11.3 Å². The maximum absolute atomic E-state index is 13.5. The number of carbonyl (C=O) groups excluding carboxylic acids is 2. The first kappa shape index (κ1) is 14.7. The third-order valence-electron chi connectivity index (χ3n) is 2.88. The van der Waals surface area contributed by atoms with Gasteiger partial charge in [0.25, 0.3) is 5.91 Å². The summed E-state index contributed by atoms with van der Waals surface area (Å²) < 4.78 is 13.5. The molecule has 0 aromatic heterocycles. The van der Waals surface area contributed by atoms with E-state index in [0.29, 0.717) is 12.1 Å². The van der Waals surface area contributed by atoms with Crippen LogP contribution in [0.25, 0.3) is 0 Å². The monoisotopic (exact) mass is 286 g/mol. The third-order valence-corrected chi connectivity index (χ3v) is 2.88. The summed E-state index contributed by atoms with van der Waals surface area (Å²) in [6, 6.07) is 12.7. The highest BCUT2D eigenvalue weighted by atomic mass is 19.1. The molecule has 4 nitrogen and oxygen atoms in total. The molecule has 0 spiro atoms. The predicted molar refractivity (Wildman–Crippen MR) is 78.3 cm³/mol. The van der Waals surface area contributed by atoms with Crippen molar-refractivity contribution in [2.75, 3.05) is 5.32 Å². The normalized spacial score (nSPS) is 10.0. The van der Waals surface area contributed by atoms with Gasteiger partial charge in [-0.25, -0.2) is 4.39 Å². The zero-order valence-corrected chi connectivity index (χ0v) is 11.5. The summed E-state index contributed by atoms with van der Waals surface area (Å²) in [5.74, 6) is -0.976. The van der Waals surface area contributed by atoms with Crippen LogP contribution < -0.4 is 10.6 Å². The van der Waals surface area contributed by atoms with Crippen LogP contribution in [0.1, 0.15) is 22.8 Å². The lowest BCUT2D eigenvalue weighted by atomic mass is 10.1. The van der Waals surface area contributed by atoms with Gasteiger partial charge in [0.15, 0.2) is 0 Å². The number of carbonyl (C=O) groups is 2. The Morgan fingerprint density at radius 1 is 1.05 bits per heavy atom. The Balaban J connectivity index is 2.03. The van der Waals surface area contributed by atoms with E-state index in [1.54, 1.807) is 36.4 Å². The number of halogens is 1. The molecule has 21 heavy (non-hydrogen) atoms. The topological polar surface area (TPSA) is 58.2 Å². The third kappa shape index (κ3) is 4.14. The van der Waals surface area contributed by atoms with Crippen LogP contribution in [0.3, 0.4) is 0 Å². The summed E-state index contributed by atoms with van der Waals surface area (Å²) in [7, 11) is 0. The standard InChI is InChI=1S/C16H15FN2O2/c1-11(20)18-10-12-6-8-13(9-7-12)16(21)19-15-5-3-2-4-14(15)17/h2-9H,10H2,1H3,(H,18,20)(H,19,21). The molecule has 0 saturated carbocycles. The van der Waals surface area contributed by atoms with E-state index in [1.807, 2.05) is 0 Å². The number of amides is 2. The molecule has 2 aromatic rings. The quantitative estimate of drug-likeness (QED) is 0.908. The summed E-state index contributed by atoms with van der Waals surface area (Å²) in [5.41, 5.74) is 1.45. The van der Waals surface area contributed by atoms with Gasteiger partial charge in [-0.2, -0.15) is 0 Å². The highest BCUT2D eigenvalue weighted by molar-refractivity contribution is 6.04. The van der Waals surface area contributed by atoms with Gasteiger partial charge in [-0.15, -0.1) is 0 Å². The smallest absolute Gasteiger partial charge is 0.255 e. The first-order valence-electron chi connectivity index (χ1n) is 6.45. The number of hydrogen-bond acceptors (Lipinski definition) is 2. The Hall–Kier alpha value is -2.69. The summed E-state index contributed by atoms with van der Waals surface area (Å²) in [5, 5.41) is 5.18. The van der Waals surface area contributed by atoms with Crippen molar-refractivity contribution < 1.29 is 14.0 Å². The minimum Gasteiger partial charge on any atom is -0.352 e. The Morgan fingerprint density at radius 3 is 2.33 bits per heavy atom. The van der Waals surface area contributed by atoms with Crippen molar-refractivity contribution >= 4 is 17.5 Å². The van der Waals surface area contributed by atoms with Crippen LogP contribution in [-0.4, -0.2) is 11.8 Å². The van der Waals surface area contributed by atoms with Crippen LogP contribution in [0.4, 0.5) is 10.1 Å². The lowest BCUT2D eigenvalue weighted by Gasteiger charge is -2.07. The van der Waals surface area contributed by atoms with Gasteiger partial charge in [0.2, 0.25) is 5.91 Å². The maximum Gasteiger partial charge on any atom is 0.255 e. The second kappa shape index (κ2) is 6.65. The largest absolute Gasteiger partial charge is 0.352 e. The van der Waals surface area contributed by atoms with Crippen molar-refractivity contribution in [2.45, 2.75) is 13.5 Å². The highest BCUT2D eigenvalue weighted by Crippen LogP contribution is 2.14. The van der Waals surface area contributed by atoms with Gasteiger partial charge >= 0.3 is 0 Å². The number of hydrogen-bond donors (Lipinski definition) is 2. The number of rotatable bonds is 4. The second-order valence-corrected chi connectivity index (χ2v) is 4.54. The molecular formula is C16H15FN2O2. The molecule has 2 N–H and O–H groups in total. The lowest BCUT2D eigenvalue weighted by molar-refractivity contribution is -0.119. The average molecular weight is 286 g/mol. The van der Waals surface area contributed by atoms with E-state index in [-0.39, 0.29) is 17.5 Å². The fourth-order valence-corrected chi connectivity index (χ4v) is 1.76. The molecule has 0 radical (unpaired) electrons. The van der Waals surface area contributed by atoms with Gasteiger partial charge < -0.3 is 10.6 Å². The van der Waals surface area contributed by atoms with Crippen LogP contribution in [0.5, 0.6) is 0 Å². The van der Waals surface area contributed by atoms with Crippen LogP contribution in [0, 0.1) is 5.82 Å². The van der Waals surface area contributed by atoms with E-state index in [4.69, 9.17) is 0 Å². The lowest BCUT2D eigenvalue weighted by Crippen LogP contribution is -2.19. The van der Waals surface area contributed by atoms with Crippen molar-refractivity contribution in [1.82, 2.24) is 5.32 Å². The van der Waals surface area contributed by atoms with Crippen molar-refractivity contribution in [2.24, 2.45) is 0 Å². The Bertz CT molecular complexity index is 654. The zero-order chi connectivity index (χ0) is 15.2. The van der Waals surface area contributed by atoms with Crippen molar-refractivity contribution in [3.63, 3.8) is 0 Å². The molecule has 0 unspecified atom stereocenters. The average Bonchev–Trinajstić information content (AvgIpc) is 2.48. The first-order chi connectivity index (χ1) is 10.1. The zero-order valence-electron chi connectivity index (χ0n) is 11.5. The number of anilines is 1. The molecular weight excluding hydrogens is 271 g/mol. The minimum absolute atomic E-state index is 0.114. The molecule has 0 fully saturated rings. The molecule has 2 aromatic carbocycles. The van der Waals surface area contributed by atoms with E-state index in [2.05, 4.69) is 10.6 Å². The fraction of sp³-hybridized carbons (Fsp3) is 0.125. The first-order valence-corrected chi connectivity index (χ1v) is 6.45. The minimum atomic E-state index is -0.479. The predicted octanol–water partition coefficient (Wildman–Crippen LogP) is 2.71. The Morgan fingerprint density at radius 2 is 1.71 bits per heavy atom. The van der Waals surface area contributed by atoms with E-state index in [0.717, 1.165) is 5.56 Å². The van der Waals surface area contributed by atoms with Crippen LogP contribution in [0.2, 0.25) is 0 Å². The SMILES string of the molecule is CC(=O)NCc1ccc(C(=O)Nc2ccccc2F)cc1. The maximum atomic E-state index is 13.5. The molecule has 0 atom stereocenters. The van der Waals surface area contributed by atoms with Gasteiger partial charge in [0, 0.05) is 19.0 Å². The molecule has 2 rings (SSSR count). The van der Waals surface area contributed by atoms with Crippen molar-refractivity contribution in [3.05, 3.63) is 65.5 Å². The summed E-state index contributed by atoms with van der Waals surface area (Å²) in [4.78, 5) is 22.8.